The Morgan fingerprint density at radius 2 is 2.05 bits per heavy atom. The molecular weight excluding hydrogens is 266 g/mol. The van der Waals surface area contributed by atoms with Crippen molar-refractivity contribution in [3.63, 3.8) is 0 Å². The molecule has 1 saturated heterocycles. The molecular formula is C14H18ClNO3. The molecule has 5 heteroatoms. The molecule has 1 aromatic carbocycles. The molecule has 0 aliphatic carbocycles. The molecule has 1 atom stereocenters. The molecule has 19 heavy (non-hydrogen) atoms. The molecule has 1 aromatic rings. The first-order valence-electron chi connectivity index (χ1n) is 6.43. The second kappa shape index (κ2) is 6.26. The largest absolute Gasteiger partial charge is 0.479 e. The van der Waals surface area contributed by atoms with Gasteiger partial charge in [0.1, 0.15) is 0 Å². The van der Waals surface area contributed by atoms with Crippen LogP contribution in [0, 0.1) is 0 Å². The van der Waals surface area contributed by atoms with Gasteiger partial charge in [0.05, 0.1) is 10.7 Å². The van der Waals surface area contributed by atoms with Gasteiger partial charge in [-0.25, -0.2) is 4.79 Å². The maximum absolute atomic E-state index is 11.1. The van der Waals surface area contributed by atoms with E-state index >= 15 is 0 Å². The Bertz CT molecular complexity index is 458. The number of benzene rings is 1. The maximum atomic E-state index is 11.1. The van der Waals surface area contributed by atoms with Crippen molar-refractivity contribution in [2.45, 2.75) is 25.4 Å². The van der Waals surface area contributed by atoms with Crippen molar-refractivity contribution in [2.75, 3.05) is 25.1 Å². The van der Waals surface area contributed by atoms with E-state index in [1.54, 1.807) is 12.1 Å². The molecule has 2 rings (SSSR count). The van der Waals surface area contributed by atoms with Crippen molar-refractivity contribution in [1.29, 1.82) is 0 Å². The lowest BCUT2D eigenvalue weighted by molar-refractivity contribution is -0.148. The fourth-order valence-corrected chi connectivity index (χ4v) is 2.77. The third-order valence-corrected chi connectivity index (χ3v) is 3.73. The molecule has 1 fully saturated rings. The molecule has 4 nitrogen and oxygen atoms in total. The van der Waals surface area contributed by atoms with Gasteiger partial charge in [-0.2, -0.15) is 0 Å². The van der Waals surface area contributed by atoms with Gasteiger partial charge < -0.3 is 14.7 Å². The highest BCUT2D eigenvalue weighted by Gasteiger charge is 2.21. The number of halogens is 1. The summed E-state index contributed by atoms with van der Waals surface area (Å²) in [5.41, 5.74) is 1.55. The lowest BCUT2D eigenvalue weighted by Gasteiger charge is -2.29. The molecule has 0 aromatic heterocycles. The highest BCUT2D eigenvalue weighted by Crippen LogP contribution is 2.31. The number of nitrogens with zero attached hydrogens (tertiary/aromatic N) is 1. The number of hydrogen-bond acceptors (Lipinski definition) is 3. The number of carboxylic acids is 1. The van der Waals surface area contributed by atoms with Gasteiger partial charge in [-0.3, -0.25) is 0 Å². The first-order chi connectivity index (χ1) is 9.13. The number of anilines is 1. The highest BCUT2D eigenvalue weighted by molar-refractivity contribution is 6.33. The molecule has 0 bridgehead atoms. The van der Waals surface area contributed by atoms with Crippen LogP contribution in [-0.4, -0.2) is 31.3 Å². The van der Waals surface area contributed by atoms with Crippen LogP contribution in [0.1, 0.15) is 30.9 Å². The molecule has 0 saturated carbocycles. The summed E-state index contributed by atoms with van der Waals surface area (Å²) in [6, 6.07) is 5.35. The summed E-state index contributed by atoms with van der Waals surface area (Å²) in [4.78, 5) is 13.3. The van der Waals surface area contributed by atoms with Crippen molar-refractivity contribution >= 4 is 23.3 Å². The van der Waals surface area contributed by atoms with Crippen LogP contribution in [-0.2, 0) is 9.53 Å². The predicted octanol–water partition coefficient (Wildman–Crippen LogP) is 3.10. The summed E-state index contributed by atoms with van der Waals surface area (Å²) in [7, 11) is 1.38. The zero-order valence-corrected chi connectivity index (χ0v) is 11.7. The van der Waals surface area contributed by atoms with Crippen LogP contribution in [0.2, 0.25) is 5.02 Å². The third kappa shape index (κ3) is 3.19. The standard InChI is InChI=1S/C14H18ClNO3/c1-19-13(14(17)18)10-5-6-12(11(15)9-10)16-7-3-2-4-8-16/h5-6,9,13H,2-4,7-8H2,1H3,(H,17,18). The monoisotopic (exact) mass is 283 g/mol. The van der Waals surface area contributed by atoms with Crippen LogP contribution in [0.3, 0.4) is 0 Å². The van der Waals surface area contributed by atoms with Crippen molar-refractivity contribution in [1.82, 2.24) is 0 Å². The fraction of sp³-hybridized carbons (Fsp3) is 0.500. The van der Waals surface area contributed by atoms with Gasteiger partial charge in [0.2, 0.25) is 0 Å². The fourth-order valence-electron chi connectivity index (χ4n) is 2.46. The summed E-state index contributed by atoms with van der Waals surface area (Å²) in [6.07, 6.45) is 2.64. The van der Waals surface area contributed by atoms with Gasteiger partial charge >= 0.3 is 5.97 Å². The number of carboxylic acid groups (broad SMARTS) is 1. The van der Waals surface area contributed by atoms with Crippen LogP contribution >= 0.6 is 11.6 Å². The van der Waals surface area contributed by atoms with E-state index in [2.05, 4.69) is 4.90 Å². The number of rotatable bonds is 4. The van der Waals surface area contributed by atoms with Crippen molar-refractivity contribution < 1.29 is 14.6 Å². The Balaban J connectivity index is 2.23. The Morgan fingerprint density at radius 3 is 2.58 bits per heavy atom. The topological polar surface area (TPSA) is 49.8 Å². The minimum absolute atomic E-state index is 0.570. The normalized spacial score (nSPS) is 17.3. The minimum atomic E-state index is -1.01. The second-order valence-electron chi connectivity index (χ2n) is 4.71. The lowest BCUT2D eigenvalue weighted by Crippen LogP contribution is -2.29. The minimum Gasteiger partial charge on any atom is -0.479 e. The molecule has 1 unspecified atom stereocenters. The van der Waals surface area contributed by atoms with Gasteiger partial charge in [-0.1, -0.05) is 17.7 Å². The van der Waals surface area contributed by atoms with E-state index in [0.717, 1.165) is 18.8 Å². The van der Waals surface area contributed by atoms with Crippen LogP contribution in [0.15, 0.2) is 18.2 Å². The van der Waals surface area contributed by atoms with E-state index in [0.29, 0.717) is 10.6 Å². The smallest absolute Gasteiger partial charge is 0.337 e. The van der Waals surface area contributed by atoms with E-state index in [9.17, 15) is 4.79 Å². The molecule has 1 N–H and O–H groups in total. The van der Waals surface area contributed by atoms with Gasteiger partial charge in [-0.05, 0) is 37.0 Å². The van der Waals surface area contributed by atoms with Gasteiger partial charge in [0.25, 0.3) is 0 Å². The summed E-state index contributed by atoms with van der Waals surface area (Å²) < 4.78 is 4.97. The number of ether oxygens (including phenoxy) is 1. The molecule has 0 amide bonds. The number of aliphatic carboxylic acids is 1. The molecule has 0 radical (unpaired) electrons. The predicted molar refractivity (Wildman–Crippen MR) is 74.9 cm³/mol. The molecule has 104 valence electrons. The summed E-state index contributed by atoms with van der Waals surface area (Å²) in [5.74, 6) is -1.01. The Kier molecular flexibility index (Phi) is 4.66. The van der Waals surface area contributed by atoms with Gasteiger partial charge in [0, 0.05) is 20.2 Å². The van der Waals surface area contributed by atoms with E-state index in [1.165, 1.54) is 26.4 Å². The number of methoxy groups -OCH3 is 1. The SMILES string of the molecule is COC(C(=O)O)c1ccc(N2CCCCC2)c(Cl)c1. The van der Waals surface area contributed by atoms with E-state index in [-0.39, 0.29) is 0 Å². The Labute approximate surface area is 117 Å². The first kappa shape index (κ1) is 14.2. The van der Waals surface area contributed by atoms with Gasteiger partial charge in [-0.15, -0.1) is 0 Å². The average Bonchev–Trinajstić information content (AvgIpc) is 2.40. The van der Waals surface area contributed by atoms with E-state index in [1.807, 2.05) is 6.07 Å². The molecule has 1 aliphatic heterocycles. The van der Waals surface area contributed by atoms with Crippen LogP contribution in [0.25, 0.3) is 0 Å². The van der Waals surface area contributed by atoms with E-state index < -0.39 is 12.1 Å². The molecule has 1 heterocycles. The quantitative estimate of drug-likeness (QED) is 0.922. The summed E-state index contributed by atoms with van der Waals surface area (Å²) in [6.45, 7) is 2.01. The van der Waals surface area contributed by atoms with Crippen molar-refractivity contribution in [2.24, 2.45) is 0 Å². The van der Waals surface area contributed by atoms with E-state index in [4.69, 9.17) is 21.4 Å². The van der Waals surface area contributed by atoms with Crippen molar-refractivity contribution in [3.05, 3.63) is 28.8 Å². The van der Waals surface area contributed by atoms with Gasteiger partial charge in [0.15, 0.2) is 6.10 Å². The molecule has 1 aliphatic rings. The third-order valence-electron chi connectivity index (χ3n) is 3.43. The number of carbonyl (C=O) groups is 1. The molecule has 0 spiro atoms. The first-order valence-corrected chi connectivity index (χ1v) is 6.81. The van der Waals surface area contributed by atoms with Crippen LogP contribution < -0.4 is 4.90 Å². The lowest BCUT2D eigenvalue weighted by atomic mass is 10.1. The second-order valence-corrected chi connectivity index (χ2v) is 5.12. The zero-order valence-electron chi connectivity index (χ0n) is 10.9. The average molecular weight is 284 g/mol. The van der Waals surface area contributed by atoms with Crippen LogP contribution in [0.4, 0.5) is 5.69 Å². The Morgan fingerprint density at radius 1 is 1.37 bits per heavy atom. The number of piperidine rings is 1. The zero-order chi connectivity index (χ0) is 13.8. The van der Waals surface area contributed by atoms with Crippen LogP contribution in [0.5, 0.6) is 0 Å². The summed E-state index contributed by atoms with van der Waals surface area (Å²) >= 11 is 6.28. The number of hydrogen-bond donors (Lipinski definition) is 1. The summed E-state index contributed by atoms with van der Waals surface area (Å²) in [5, 5.41) is 9.64. The maximum Gasteiger partial charge on any atom is 0.337 e. The van der Waals surface area contributed by atoms with Crippen molar-refractivity contribution in [3.8, 4) is 0 Å². The highest BCUT2D eigenvalue weighted by atomic mass is 35.5. The Hall–Kier alpha value is -1.26.